The molecule has 0 fully saturated rings. The molecule has 25 heavy (non-hydrogen) atoms. The quantitative estimate of drug-likeness (QED) is 0.597. The van der Waals surface area contributed by atoms with Crippen molar-refractivity contribution in [1.82, 2.24) is 5.32 Å². The number of hydrogen-bond acceptors (Lipinski definition) is 4. The standard InChI is InChI=1S/C17H16N4O4/c18-15(23)10-4-6-13(7-5-10)21-14(22)9-20-17(25)12-3-1-2-11(8-12)16(19)24/h1-8H,9H2,(H2,18,23)(H2,19,24)(H,20,25)(H,21,22). The zero-order valence-corrected chi connectivity index (χ0v) is 13.1. The average Bonchev–Trinajstić information content (AvgIpc) is 2.60. The van der Waals surface area contributed by atoms with E-state index in [1.165, 1.54) is 48.5 Å². The highest BCUT2D eigenvalue weighted by Crippen LogP contribution is 2.09. The van der Waals surface area contributed by atoms with Crippen LogP contribution >= 0.6 is 0 Å². The van der Waals surface area contributed by atoms with E-state index in [9.17, 15) is 19.2 Å². The second-order valence-electron chi connectivity index (χ2n) is 5.12. The third-order valence-corrected chi connectivity index (χ3v) is 3.27. The number of hydrogen-bond donors (Lipinski definition) is 4. The average molecular weight is 340 g/mol. The summed E-state index contributed by atoms with van der Waals surface area (Å²) in [5.41, 5.74) is 11.5. The van der Waals surface area contributed by atoms with E-state index < -0.39 is 23.6 Å². The molecule has 0 radical (unpaired) electrons. The van der Waals surface area contributed by atoms with E-state index in [2.05, 4.69) is 10.6 Å². The zero-order valence-electron chi connectivity index (χ0n) is 13.1. The summed E-state index contributed by atoms with van der Waals surface area (Å²) in [6, 6.07) is 11.9. The Labute approximate surface area is 143 Å². The molecule has 0 unspecified atom stereocenters. The van der Waals surface area contributed by atoms with Crippen molar-refractivity contribution in [2.24, 2.45) is 11.5 Å². The smallest absolute Gasteiger partial charge is 0.251 e. The summed E-state index contributed by atoms with van der Waals surface area (Å²) in [7, 11) is 0. The van der Waals surface area contributed by atoms with Gasteiger partial charge in [0.1, 0.15) is 0 Å². The minimum Gasteiger partial charge on any atom is -0.366 e. The summed E-state index contributed by atoms with van der Waals surface area (Å²) < 4.78 is 0. The van der Waals surface area contributed by atoms with Gasteiger partial charge in [0.2, 0.25) is 17.7 Å². The van der Waals surface area contributed by atoms with Gasteiger partial charge in [0.25, 0.3) is 5.91 Å². The number of rotatable bonds is 6. The summed E-state index contributed by atoms with van der Waals surface area (Å²) in [5.74, 6) is -2.18. The lowest BCUT2D eigenvalue weighted by Crippen LogP contribution is -2.33. The molecular formula is C17H16N4O4. The first-order valence-corrected chi connectivity index (χ1v) is 7.24. The van der Waals surface area contributed by atoms with Gasteiger partial charge in [0.05, 0.1) is 6.54 Å². The molecule has 6 N–H and O–H groups in total. The molecule has 4 amide bonds. The van der Waals surface area contributed by atoms with Crippen LogP contribution in [0.1, 0.15) is 31.1 Å². The lowest BCUT2D eigenvalue weighted by molar-refractivity contribution is -0.115. The van der Waals surface area contributed by atoms with Gasteiger partial charge < -0.3 is 22.1 Å². The van der Waals surface area contributed by atoms with Crippen molar-refractivity contribution in [3.63, 3.8) is 0 Å². The summed E-state index contributed by atoms with van der Waals surface area (Å²) in [6.07, 6.45) is 0. The number of anilines is 1. The Bertz CT molecular complexity index is 831. The largest absolute Gasteiger partial charge is 0.366 e. The van der Waals surface area contributed by atoms with Gasteiger partial charge in [-0.25, -0.2) is 0 Å². The Morgan fingerprint density at radius 1 is 0.800 bits per heavy atom. The van der Waals surface area contributed by atoms with Crippen LogP contribution < -0.4 is 22.1 Å². The third kappa shape index (κ3) is 4.90. The maximum atomic E-state index is 12.0. The topological polar surface area (TPSA) is 144 Å². The van der Waals surface area contributed by atoms with Crippen LogP contribution in [-0.2, 0) is 4.79 Å². The number of amides is 4. The van der Waals surface area contributed by atoms with Gasteiger partial charge in [0.15, 0.2) is 0 Å². The van der Waals surface area contributed by atoms with Crippen LogP contribution in [0, 0.1) is 0 Å². The number of nitrogens with one attached hydrogen (secondary N) is 2. The fourth-order valence-corrected chi connectivity index (χ4v) is 2.00. The Morgan fingerprint density at radius 2 is 1.40 bits per heavy atom. The van der Waals surface area contributed by atoms with Crippen LogP contribution in [0.4, 0.5) is 5.69 Å². The third-order valence-electron chi connectivity index (χ3n) is 3.27. The highest BCUT2D eigenvalue weighted by atomic mass is 16.2. The van der Waals surface area contributed by atoms with Crippen LogP contribution in [0.3, 0.4) is 0 Å². The van der Waals surface area contributed by atoms with Gasteiger partial charge in [-0.2, -0.15) is 0 Å². The van der Waals surface area contributed by atoms with Crippen molar-refractivity contribution in [2.45, 2.75) is 0 Å². The predicted molar refractivity (Wildman–Crippen MR) is 90.9 cm³/mol. The molecular weight excluding hydrogens is 324 g/mol. The Balaban J connectivity index is 1.91. The van der Waals surface area contributed by atoms with Gasteiger partial charge in [-0.05, 0) is 42.5 Å². The maximum absolute atomic E-state index is 12.0. The summed E-state index contributed by atoms with van der Waals surface area (Å²) in [5, 5.41) is 5.00. The van der Waals surface area contributed by atoms with Crippen LogP contribution in [0.25, 0.3) is 0 Å². The van der Waals surface area contributed by atoms with Crippen LogP contribution in [-0.4, -0.2) is 30.2 Å². The summed E-state index contributed by atoms with van der Waals surface area (Å²) in [4.78, 5) is 45.9. The second-order valence-corrected chi connectivity index (χ2v) is 5.12. The van der Waals surface area contributed by atoms with Gasteiger partial charge in [-0.15, -0.1) is 0 Å². The molecule has 0 atom stereocenters. The van der Waals surface area contributed by atoms with Crippen molar-refractivity contribution in [2.75, 3.05) is 11.9 Å². The molecule has 0 saturated carbocycles. The van der Waals surface area contributed by atoms with E-state index in [-0.39, 0.29) is 17.7 Å². The molecule has 8 nitrogen and oxygen atoms in total. The molecule has 8 heteroatoms. The summed E-state index contributed by atoms with van der Waals surface area (Å²) >= 11 is 0. The first-order chi connectivity index (χ1) is 11.9. The number of nitrogens with two attached hydrogens (primary N) is 2. The first-order valence-electron chi connectivity index (χ1n) is 7.24. The molecule has 0 saturated heterocycles. The highest BCUT2D eigenvalue weighted by molar-refractivity contribution is 6.01. The van der Waals surface area contributed by atoms with E-state index in [1.54, 1.807) is 0 Å². The van der Waals surface area contributed by atoms with E-state index in [1.807, 2.05) is 0 Å². The summed E-state index contributed by atoms with van der Waals surface area (Å²) in [6.45, 7) is -0.267. The molecule has 0 aliphatic carbocycles. The van der Waals surface area contributed by atoms with Crippen molar-refractivity contribution in [3.8, 4) is 0 Å². The molecule has 0 spiro atoms. The normalized spacial score (nSPS) is 9.92. The molecule has 0 aromatic heterocycles. The number of primary amides is 2. The molecule has 0 heterocycles. The second kappa shape index (κ2) is 7.73. The van der Waals surface area contributed by atoms with Gasteiger partial charge in [-0.1, -0.05) is 6.07 Å². The Morgan fingerprint density at radius 3 is 2.00 bits per heavy atom. The van der Waals surface area contributed by atoms with Gasteiger partial charge >= 0.3 is 0 Å². The fraction of sp³-hybridized carbons (Fsp3) is 0.0588. The lowest BCUT2D eigenvalue weighted by atomic mass is 10.1. The fourth-order valence-electron chi connectivity index (χ4n) is 2.00. The Kier molecular flexibility index (Phi) is 5.47. The predicted octanol–water partition coefficient (Wildman–Crippen LogP) is 0.253. The lowest BCUT2D eigenvalue weighted by Gasteiger charge is -2.08. The highest BCUT2D eigenvalue weighted by Gasteiger charge is 2.10. The minimum atomic E-state index is -0.646. The SMILES string of the molecule is NC(=O)c1ccc(NC(=O)CNC(=O)c2cccc(C(N)=O)c2)cc1. The van der Waals surface area contributed by atoms with E-state index in [0.717, 1.165) is 0 Å². The van der Waals surface area contributed by atoms with Crippen LogP contribution in [0.15, 0.2) is 48.5 Å². The zero-order chi connectivity index (χ0) is 18.4. The van der Waals surface area contributed by atoms with E-state index in [0.29, 0.717) is 11.3 Å². The monoisotopic (exact) mass is 340 g/mol. The van der Waals surface area contributed by atoms with Gasteiger partial charge in [-0.3, -0.25) is 19.2 Å². The molecule has 0 aliphatic heterocycles. The molecule has 2 rings (SSSR count). The Hall–Kier alpha value is -3.68. The molecule has 2 aromatic carbocycles. The molecule has 2 aromatic rings. The van der Waals surface area contributed by atoms with E-state index in [4.69, 9.17) is 11.5 Å². The molecule has 0 bridgehead atoms. The van der Waals surface area contributed by atoms with Crippen molar-refractivity contribution < 1.29 is 19.2 Å². The van der Waals surface area contributed by atoms with Crippen LogP contribution in [0.5, 0.6) is 0 Å². The van der Waals surface area contributed by atoms with Crippen molar-refractivity contribution >= 4 is 29.3 Å². The van der Waals surface area contributed by atoms with Crippen molar-refractivity contribution in [3.05, 3.63) is 65.2 Å². The van der Waals surface area contributed by atoms with Crippen molar-refractivity contribution in [1.29, 1.82) is 0 Å². The van der Waals surface area contributed by atoms with E-state index >= 15 is 0 Å². The number of carbonyl (C=O) groups excluding carboxylic acids is 4. The maximum Gasteiger partial charge on any atom is 0.251 e. The number of carbonyl (C=O) groups is 4. The minimum absolute atomic E-state index is 0.201. The molecule has 0 aliphatic rings. The molecule has 128 valence electrons. The van der Waals surface area contributed by atoms with Gasteiger partial charge in [0, 0.05) is 22.4 Å². The first kappa shape index (κ1) is 17.7. The number of benzene rings is 2. The van der Waals surface area contributed by atoms with Crippen LogP contribution in [0.2, 0.25) is 0 Å².